The Morgan fingerprint density at radius 2 is 1.43 bits per heavy atom. The molecule has 2 aliphatic rings. The lowest BCUT2D eigenvalue weighted by atomic mass is 9.79. The minimum atomic E-state index is -0.346. The fourth-order valence-corrected chi connectivity index (χ4v) is 3.51. The molecule has 5 nitrogen and oxygen atoms in total. The average molecular weight is 381 g/mol. The van der Waals surface area contributed by atoms with E-state index in [1.807, 2.05) is 12.1 Å². The molecule has 148 valence electrons. The van der Waals surface area contributed by atoms with Gasteiger partial charge in [0.2, 0.25) is 0 Å². The summed E-state index contributed by atoms with van der Waals surface area (Å²) in [7, 11) is 1.33. The fraction of sp³-hybridized carbons (Fsp3) is 0.455. The van der Waals surface area contributed by atoms with Gasteiger partial charge in [-0.3, -0.25) is 0 Å². The number of ether oxygens (including phenoxy) is 2. The van der Waals surface area contributed by atoms with E-state index in [2.05, 4.69) is 69.4 Å². The van der Waals surface area contributed by atoms with Crippen LogP contribution in [-0.4, -0.2) is 38.6 Å². The van der Waals surface area contributed by atoms with Gasteiger partial charge in [-0.25, -0.2) is 0 Å². The zero-order valence-electron chi connectivity index (χ0n) is 17.2. The van der Waals surface area contributed by atoms with Gasteiger partial charge in [-0.2, -0.15) is 0 Å². The number of benzene rings is 2. The van der Waals surface area contributed by atoms with Gasteiger partial charge in [0, 0.05) is 5.69 Å². The molecule has 4 rings (SSSR count). The number of hydrogen-bond acceptors (Lipinski definition) is 5. The van der Waals surface area contributed by atoms with E-state index in [0.717, 1.165) is 16.9 Å². The lowest BCUT2D eigenvalue weighted by Crippen LogP contribution is -2.53. The summed E-state index contributed by atoms with van der Waals surface area (Å²) in [5, 5.41) is 3.65. The van der Waals surface area contributed by atoms with Gasteiger partial charge in [-0.1, -0.05) is 24.3 Å². The number of hydrogen-bond donors (Lipinski definition) is 1. The Balaban J connectivity index is 1.49. The molecule has 0 unspecified atom stereocenters. The van der Waals surface area contributed by atoms with Gasteiger partial charge in [-0.15, -0.1) is 0 Å². The molecule has 0 saturated carbocycles. The van der Waals surface area contributed by atoms with Gasteiger partial charge in [0.05, 0.1) is 31.5 Å². The Kier molecular flexibility index (Phi) is 4.69. The van der Waals surface area contributed by atoms with Crippen molar-refractivity contribution in [3.05, 3.63) is 54.1 Å². The molecule has 2 fully saturated rings. The maximum atomic E-state index is 6.14. The molecule has 0 spiro atoms. The highest BCUT2D eigenvalue weighted by atomic mass is 16.7. The lowest BCUT2D eigenvalue weighted by molar-refractivity contribution is -0.0447. The van der Waals surface area contributed by atoms with Crippen LogP contribution in [0.4, 0.5) is 5.69 Å². The quantitative estimate of drug-likeness (QED) is 0.806. The summed E-state index contributed by atoms with van der Waals surface area (Å²) in [4.78, 5) is 0. The van der Waals surface area contributed by atoms with E-state index in [1.54, 1.807) is 7.11 Å². The van der Waals surface area contributed by atoms with Crippen molar-refractivity contribution in [2.75, 3.05) is 25.6 Å². The first kappa shape index (κ1) is 19.3. The van der Waals surface area contributed by atoms with E-state index in [1.165, 1.54) is 5.56 Å². The van der Waals surface area contributed by atoms with E-state index in [-0.39, 0.29) is 23.9 Å². The summed E-state index contributed by atoms with van der Waals surface area (Å²) >= 11 is 0. The Bertz CT molecular complexity index is 813. The smallest absolute Gasteiger partial charge is 0.494 e. The van der Waals surface area contributed by atoms with Crippen LogP contribution in [0.15, 0.2) is 48.5 Å². The molecule has 1 N–H and O–H groups in total. The summed E-state index contributed by atoms with van der Waals surface area (Å²) < 4.78 is 23.1. The van der Waals surface area contributed by atoms with Crippen LogP contribution < -0.4 is 15.5 Å². The average Bonchev–Trinajstić information content (AvgIpc) is 2.86. The molecule has 2 heterocycles. The van der Waals surface area contributed by atoms with Crippen LogP contribution in [0.1, 0.15) is 33.3 Å². The molecular weight excluding hydrogens is 353 g/mol. The zero-order valence-corrected chi connectivity index (χ0v) is 17.2. The van der Waals surface area contributed by atoms with Gasteiger partial charge < -0.3 is 24.1 Å². The van der Waals surface area contributed by atoms with Gasteiger partial charge >= 0.3 is 7.12 Å². The first-order chi connectivity index (χ1) is 13.2. The minimum absolute atomic E-state index is 0.210. The highest BCUT2D eigenvalue weighted by Crippen LogP contribution is 2.37. The van der Waals surface area contributed by atoms with E-state index < -0.39 is 0 Å². The monoisotopic (exact) mass is 381 g/mol. The molecule has 2 saturated heterocycles. The number of nitrogens with one attached hydrogen (secondary N) is 1. The van der Waals surface area contributed by atoms with Crippen molar-refractivity contribution in [1.82, 2.24) is 0 Å². The molecule has 0 aromatic heterocycles. The second kappa shape index (κ2) is 6.80. The van der Waals surface area contributed by atoms with Gasteiger partial charge in [-0.05, 0) is 63.0 Å². The molecule has 0 atom stereocenters. The number of anilines is 1. The number of methoxy groups -OCH3 is 1. The Morgan fingerprint density at radius 1 is 0.857 bits per heavy atom. The Morgan fingerprint density at radius 3 is 1.89 bits per heavy atom. The van der Waals surface area contributed by atoms with Crippen LogP contribution in [0.3, 0.4) is 0 Å². The molecule has 6 heteroatoms. The summed E-state index contributed by atoms with van der Waals surface area (Å²) in [6.07, 6.45) is 0. The van der Waals surface area contributed by atoms with Crippen LogP contribution >= 0.6 is 0 Å². The van der Waals surface area contributed by atoms with Gasteiger partial charge in [0.1, 0.15) is 11.3 Å². The molecule has 0 radical (unpaired) electrons. The SMILES string of the molecule is COc1ccc(C2(Nc3ccc(B4OC(C)(C)C(C)(C)O4)cc3)COC2)cc1. The summed E-state index contributed by atoms with van der Waals surface area (Å²) in [6.45, 7) is 9.54. The molecule has 28 heavy (non-hydrogen) atoms. The standard InChI is InChI=1S/C22H28BNO4/c1-20(2)21(3,4)28-23(27-20)17-8-10-18(11-9-17)24-22(14-26-15-22)16-6-12-19(25-5)13-7-16/h6-13,24H,14-15H2,1-5H3. The third-order valence-electron chi connectivity index (χ3n) is 6.16. The van der Waals surface area contributed by atoms with Crippen molar-refractivity contribution in [2.24, 2.45) is 0 Å². The molecule has 2 aliphatic heterocycles. The third-order valence-corrected chi connectivity index (χ3v) is 6.16. The van der Waals surface area contributed by atoms with Crippen LogP contribution in [0.5, 0.6) is 5.75 Å². The summed E-state index contributed by atoms with van der Waals surface area (Å²) in [5.41, 5.74) is 2.37. The first-order valence-electron chi connectivity index (χ1n) is 9.71. The van der Waals surface area contributed by atoms with E-state index >= 15 is 0 Å². The minimum Gasteiger partial charge on any atom is -0.497 e. The van der Waals surface area contributed by atoms with Crippen molar-refractivity contribution in [1.29, 1.82) is 0 Å². The molecule has 0 bridgehead atoms. The van der Waals surface area contributed by atoms with Crippen LogP contribution in [0.2, 0.25) is 0 Å². The maximum Gasteiger partial charge on any atom is 0.494 e. The van der Waals surface area contributed by atoms with E-state index in [9.17, 15) is 0 Å². The molecular formula is C22H28BNO4. The molecule has 0 aliphatic carbocycles. The lowest BCUT2D eigenvalue weighted by Gasteiger charge is -2.43. The largest absolute Gasteiger partial charge is 0.497 e. The zero-order chi connectivity index (χ0) is 20.0. The highest BCUT2D eigenvalue weighted by Gasteiger charge is 2.51. The van der Waals surface area contributed by atoms with Crippen molar-refractivity contribution in [2.45, 2.75) is 44.4 Å². The Hall–Kier alpha value is -2.02. The second-order valence-electron chi connectivity index (χ2n) is 8.64. The van der Waals surface area contributed by atoms with E-state index in [4.69, 9.17) is 18.8 Å². The normalized spacial score (nSPS) is 21.8. The first-order valence-corrected chi connectivity index (χ1v) is 9.71. The maximum absolute atomic E-state index is 6.14. The third kappa shape index (κ3) is 3.30. The predicted octanol–water partition coefficient (Wildman–Crippen LogP) is 3.33. The fourth-order valence-electron chi connectivity index (χ4n) is 3.51. The topological polar surface area (TPSA) is 49.0 Å². The predicted molar refractivity (Wildman–Crippen MR) is 111 cm³/mol. The van der Waals surface area contributed by atoms with Crippen molar-refractivity contribution >= 4 is 18.3 Å². The molecule has 2 aromatic carbocycles. The van der Waals surface area contributed by atoms with Crippen molar-refractivity contribution in [3.63, 3.8) is 0 Å². The highest BCUT2D eigenvalue weighted by molar-refractivity contribution is 6.62. The second-order valence-corrected chi connectivity index (χ2v) is 8.64. The van der Waals surface area contributed by atoms with Crippen LogP contribution in [0, 0.1) is 0 Å². The van der Waals surface area contributed by atoms with Crippen LogP contribution in [0.25, 0.3) is 0 Å². The summed E-state index contributed by atoms with van der Waals surface area (Å²) in [5.74, 6) is 0.853. The number of rotatable bonds is 5. The van der Waals surface area contributed by atoms with Gasteiger partial charge in [0.25, 0.3) is 0 Å². The van der Waals surface area contributed by atoms with Crippen molar-refractivity contribution < 1.29 is 18.8 Å². The van der Waals surface area contributed by atoms with E-state index in [0.29, 0.717) is 13.2 Å². The Labute approximate surface area is 167 Å². The molecule has 2 aromatic rings. The van der Waals surface area contributed by atoms with Crippen molar-refractivity contribution in [3.8, 4) is 5.75 Å². The molecule has 0 amide bonds. The van der Waals surface area contributed by atoms with Gasteiger partial charge in [0.15, 0.2) is 0 Å². The summed E-state index contributed by atoms with van der Waals surface area (Å²) in [6, 6.07) is 16.4. The van der Waals surface area contributed by atoms with Crippen LogP contribution in [-0.2, 0) is 19.6 Å².